The molecule has 0 amide bonds. The average molecular weight is 317 g/mol. The van der Waals surface area contributed by atoms with Crippen molar-refractivity contribution in [1.29, 1.82) is 0 Å². The van der Waals surface area contributed by atoms with Gasteiger partial charge in [-0.1, -0.05) is 18.2 Å². The molecule has 1 atom stereocenters. The molecule has 0 radical (unpaired) electrons. The fourth-order valence-electron chi connectivity index (χ4n) is 3.59. The molecule has 4 rings (SSSR count). The number of hydrogen-bond acceptors (Lipinski definition) is 3. The number of rotatable bonds is 4. The zero-order valence-electron chi connectivity index (χ0n) is 14.2. The Labute approximate surface area is 143 Å². The van der Waals surface area contributed by atoms with E-state index in [2.05, 4.69) is 47.1 Å². The summed E-state index contributed by atoms with van der Waals surface area (Å²) in [6.45, 7) is 4.76. The number of aromatic nitrogens is 2. The number of hydrogen-bond donors (Lipinski definition) is 0. The van der Waals surface area contributed by atoms with Crippen LogP contribution >= 0.6 is 0 Å². The van der Waals surface area contributed by atoms with Gasteiger partial charge in [-0.3, -0.25) is 4.98 Å². The van der Waals surface area contributed by atoms with Crippen LogP contribution in [0.5, 0.6) is 0 Å². The summed E-state index contributed by atoms with van der Waals surface area (Å²) in [6.07, 6.45) is 5.61. The molecule has 122 valence electrons. The number of benzene rings is 1. The summed E-state index contributed by atoms with van der Waals surface area (Å²) >= 11 is 0. The number of nitrogens with zero attached hydrogens (tertiary/aromatic N) is 3. The van der Waals surface area contributed by atoms with Crippen molar-refractivity contribution in [3.8, 4) is 11.4 Å². The third-order valence-corrected chi connectivity index (χ3v) is 5.06. The lowest BCUT2D eigenvalue weighted by Crippen LogP contribution is -2.28. The molecule has 0 aliphatic carbocycles. The summed E-state index contributed by atoms with van der Waals surface area (Å²) in [7, 11) is 0. The first-order chi connectivity index (χ1) is 11.8. The normalized spacial score (nSPS) is 18.3. The maximum Gasteiger partial charge on any atom is 0.0893 e. The van der Waals surface area contributed by atoms with Gasteiger partial charge in [0, 0.05) is 24.2 Å². The predicted octanol–water partition coefficient (Wildman–Crippen LogP) is 4.32. The van der Waals surface area contributed by atoms with Gasteiger partial charge < -0.3 is 4.90 Å². The quantitative estimate of drug-likeness (QED) is 0.717. The second-order valence-electron chi connectivity index (χ2n) is 6.72. The summed E-state index contributed by atoms with van der Waals surface area (Å²) in [5.74, 6) is 0. The van der Waals surface area contributed by atoms with Crippen LogP contribution in [0.3, 0.4) is 0 Å². The van der Waals surface area contributed by atoms with E-state index >= 15 is 0 Å². The molecule has 2 aromatic heterocycles. The van der Waals surface area contributed by atoms with Crippen LogP contribution in [0.15, 0.2) is 54.7 Å². The van der Waals surface area contributed by atoms with Gasteiger partial charge in [0.15, 0.2) is 0 Å². The molecule has 3 heteroatoms. The van der Waals surface area contributed by atoms with Crippen LogP contribution in [0.2, 0.25) is 0 Å². The highest BCUT2D eigenvalue weighted by atomic mass is 15.2. The third-order valence-electron chi connectivity index (χ3n) is 5.06. The van der Waals surface area contributed by atoms with E-state index in [4.69, 9.17) is 4.98 Å². The van der Waals surface area contributed by atoms with Gasteiger partial charge in [0.1, 0.15) is 0 Å². The van der Waals surface area contributed by atoms with Gasteiger partial charge in [-0.25, -0.2) is 4.98 Å². The van der Waals surface area contributed by atoms with E-state index in [-0.39, 0.29) is 0 Å². The summed E-state index contributed by atoms with van der Waals surface area (Å²) in [5, 5.41) is 1.21. The molecule has 0 spiro atoms. The van der Waals surface area contributed by atoms with Crippen LogP contribution < -0.4 is 0 Å². The van der Waals surface area contributed by atoms with Crippen molar-refractivity contribution in [1.82, 2.24) is 14.9 Å². The van der Waals surface area contributed by atoms with E-state index < -0.39 is 0 Å². The monoisotopic (exact) mass is 317 g/mol. The number of likely N-dealkylation sites (tertiary alicyclic amines) is 1. The van der Waals surface area contributed by atoms with Crippen LogP contribution in [0.25, 0.3) is 22.3 Å². The number of pyridine rings is 2. The first kappa shape index (κ1) is 15.3. The molecule has 24 heavy (non-hydrogen) atoms. The van der Waals surface area contributed by atoms with Gasteiger partial charge in [0.2, 0.25) is 0 Å². The highest BCUT2D eigenvalue weighted by molar-refractivity contribution is 5.81. The van der Waals surface area contributed by atoms with Crippen molar-refractivity contribution in [3.05, 3.63) is 60.3 Å². The van der Waals surface area contributed by atoms with Crippen LogP contribution in [0.1, 0.15) is 25.3 Å². The van der Waals surface area contributed by atoms with Crippen molar-refractivity contribution in [2.75, 3.05) is 13.1 Å². The molecule has 1 saturated heterocycles. The fourth-order valence-corrected chi connectivity index (χ4v) is 3.59. The van der Waals surface area contributed by atoms with E-state index in [0.29, 0.717) is 0 Å². The minimum atomic E-state index is 0.744. The SMILES string of the molecule is C[C@H]1CCCN1CCc1ccc2nc(-c3ccccn3)ccc2c1. The fraction of sp³-hybridized carbons (Fsp3) is 0.333. The van der Waals surface area contributed by atoms with Crippen LogP contribution in [0.4, 0.5) is 0 Å². The molecular formula is C21H23N3. The molecule has 0 N–H and O–H groups in total. The minimum Gasteiger partial charge on any atom is -0.300 e. The van der Waals surface area contributed by atoms with Crippen molar-refractivity contribution < 1.29 is 0 Å². The molecule has 1 aliphatic heterocycles. The first-order valence-corrected chi connectivity index (χ1v) is 8.85. The molecule has 1 aromatic carbocycles. The van der Waals surface area contributed by atoms with Crippen LogP contribution in [-0.4, -0.2) is 34.0 Å². The van der Waals surface area contributed by atoms with Gasteiger partial charge in [0.05, 0.1) is 16.9 Å². The Kier molecular flexibility index (Phi) is 4.26. The number of fused-ring (bicyclic) bond motifs is 1. The molecule has 0 unspecified atom stereocenters. The zero-order chi connectivity index (χ0) is 16.4. The third kappa shape index (κ3) is 3.17. The lowest BCUT2D eigenvalue weighted by Gasteiger charge is -2.20. The zero-order valence-corrected chi connectivity index (χ0v) is 14.2. The maximum atomic E-state index is 4.76. The molecule has 3 aromatic rings. The van der Waals surface area contributed by atoms with Crippen molar-refractivity contribution in [2.24, 2.45) is 0 Å². The van der Waals surface area contributed by atoms with Crippen LogP contribution in [0, 0.1) is 0 Å². The molecule has 1 fully saturated rings. The summed E-state index contributed by atoms with van der Waals surface area (Å²) < 4.78 is 0. The van der Waals surface area contributed by atoms with Gasteiger partial charge in [-0.2, -0.15) is 0 Å². The summed E-state index contributed by atoms with van der Waals surface area (Å²) in [4.78, 5) is 11.8. The Balaban J connectivity index is 1.53. The van der Waals surface area contributed by atoms with E-state index in [1.165, 1.54) is 30.3 Å². The van der Waals surface area contributed by atoms with Crippen molar-refractivity contribution >= 4 is 10.9 Å². The molecule has 0 bridgehead atoms. The van der Waals surface area contributed by atoms with E-state index in [1.54, 1.807) is 0 Å². The Hall–Kier alpha value is -2.26. The van der Waals surface area contributed by atoms with Crippen LogP contribution in [-0.2, 0) is 6.42 Å². The Morgan fingerprint density at radius 2 is 2.04 bits per heavy atom. The standard InChI is InChI=1S/C21H23N3/c1-16-5-4-13-24(16)14-11-17-7-9-19-18(15-17)8-10-21(23-19)20-6-2-3-12-22-20/h2-3,6-10,12,15-16H,4-5,11,13-14H2,1H3/t16-/m0/s1. The lowest BCUT2D eigenvalue weighted by atomic mass is 10.1. The minimum absolute atomic E-state index is 0.744. The molecule has 0 saturated carbocycles. The molecule has 1 aliphatic rings. The second-order valence-corrected chi connectivity index (χ2v) is 6.72. The Morgan fingerprint density at radius 3 is 2.83 bits per heavy atom. The van der Waals surface area contributed by atoms with E-state index in [1.807, 2.05) is 24.4 Å². The Morgan fingerprint density at radius 1 is 1.08 bits per heavy atom. The lowest BCUT2D eigenvalue weighted by molar-refractivity contribution is 0.272. The second kappa shape index (κ2) is 6.70. The summed E-state index contributed by atoms with van der Waals surface area (Å²) in [5.41, 5.74) is 4.29. The average Bonchev–Trinajstić information content (AvgIpc) is 3.05. The maximum absolute atomic E-state index is 4.76. The van der Waals surface area contributed by atoms with Gasteiger partial charge in [-0.15, -0.1) is 0 Å². The topological polar surface area (TPSA) is 29.0 Å². The molecule has 3 heterocycles. The highest BCUT2D eigenvalue weighted by Gasteiger charge is 2.19. The summed E-state index contributed by atoms with van der Waals surface area (Å²) in [6, 6.07) is 17.5. The molecular weight excluding hydrogens is 294 g/mol. The van der Waals surface area contributed by atoms with E-state index in [0.717, 1.165) is 35.9 Å². The van der Waals surface area contributed by atoms with Crippen molar-refractivity contribution in [3.63, 3.8) is 0 Å². The largest absolute Gasteiger partial charge is 0.300 e. The highest BCUT2D eigenvalue weighted by Crippen LogP contribution is 2.21. The Bertz CT molecular complexity index is 829. The molecule has 3 nitrogen and oxygen atoms in total. The first-order valence-electron chi connectivity index (χ1n) is 8.85. The van der Waals surface area contributed by atoms with E-state index in [9.17, 15) is 0 Å². The smallest absolute Gasteiger partial charge is 0.0893 e. The van der Waals surface area contributed by atoms with Gasteiger partial charge >= 0.3 is 0 Å². The predicted molar refractivity (Wildman–Crippen MR) is 98.9 cm³/mol. The van der Waals surface area contributed by atoms with Crippen molar-refractivity contribution in [2.45, 2.75) is 32.2 Å². The van der Waals surface area contributed by atoms with Gasteiger partial charge in [-0.05, 0) is 68.6 Å². The van der Waals surface area contributed by atoms with Gasteiger partial charge in [0.25, 0.3) is 0 Å².